The van der Waals surface area contributed by atoms with E-state index in [9.17, 15) is 4.79 Å². The van der Waals surface area contributed by atoms with E-state index < -0.39 is 0 Å². The first-order valence-corrected chi connectivity index (χ1v) is 8.71. The van der Waals surface area contributed by atoms with Gasteiger partial charge in [0.05, 0.1) is 5.69 Å². The molecule has 0 aliphatic rings. The molecule has 5 nitrogen and oxygen atoms in total. The lowest BCUT2D eigenvalue weighted by Gasteiger charge is -2.11. The zero-order valence-electron chi connectivity index (χ0n) is 14.1. The number of anilines is 2. The maximum absolute atomic E-state index is 12.2. The van der Waals surface area contributed by atoms with E-state index in [1.165, 1.54) is 11.3 Å². The van der Waals surface area contributed by atoms with Crippen LogP contribution in [-0.2, 0) is 4.79 Å². The zero-order chi connectivity index (χ0) is 17.8. The highest BCUT2D eigenvalue weighted by Gasteiger charge is 2.08. The lowest BCUT2D eigenvalue weighted by atomic mass is 10.1. The van der Waals surface area contributed by atoms with Crippen molar-refractivity contribution >= 4 is 28.1 Å². The molecule has 0 unspecified atom stereocenters. The number of carbonyl (C=O) groups excluding carboxylic acids is 1. The Morgan fingerprint density at radius 3 is 2.80 bits per heavy atom. The number of rotatable bonds is 5. The van der Waals surface area contributed by atoms with Crippen LogP contribution in [0.15, 0.2) is 47.8 Å². The molecule has 25 heavy (non-hydrogen) atoms. The van der Waals surface area contributed by atoms with Crippen molar-refractivity contribution in [2.45, 2.75) is 13.8 Å². The largest absolute Gasteiger partial charge is 0.483 e. The van der Waals surface area contributed by atoms with Crippen molar-refractivity contribution in [3.05, 3.63) is 59.0 Å². The first-order chi connectivity index (χ1) is 12.0. The molecule has 0 radical (unpaired) electrons. The predicted molar refractivity (Wildman–Crippen MR) is 102 cm³/mol. The number of nitrogens with one attached hydrogen (secondary N) is 1. The van der Waals surface area contributed by atoms with Gasteiger partial charge in [0.15, 0.2) is 11.7 Å². The highest BCUT2D eigenvalue weighted by molar-refractivity contribution is 7.13. The quantitative estimate of drug-likeness (QED) is 0.726. The van der Waals surface area contributed by atoms with Gasteiger partial charge in [-0.3, -0.25) is 4.79 Å². The molecule has 128 valence electrons. The molecule has 6 heteroatoms. The van der Waals surface area contributed by atoms with Crippen molar-refractivity contribution < 1.29 is 9.53 Å². The summed E-state index contributed by atoms with van der Waals surface area (Å²) >= 11 is 1.39. The van der Waals surface area contributed by atoms with Crippen molar-refractivity contribution in [3.8, 4) is 17.0 Å². The van der Waals surface area contributed by atoms with Gasteiger partial charge in [0.25, 0.3) is 5.91 Å². The molecular formula is C19H19N3O2S. The van der Waals surface area contributed by atoms with Gasteiger partial charge in [0, 0.05) is 16.6 Å². The Morgan fingerprint density at radius 1 is 1.24 bits per heavy atom. The summed E-state index contributed by atoms with van der Waals surface area (Å²) in [6, 6.07) is 13.3. The Balaban J connectivity index is 1.64. The van der Waals surface area contributed by atoms with Gasteiger partial charge in [-0.25, -0.2) is 4.98 Å². The zero-order valence-corrected chi connectivity index (χ0v) is 14.9. The van der Waals surface area contributed by atoms with Crippen LogP contribution in [0.2, 0.25) is 0 Å². The van der Waals surface area contributed by atoms with E-state index in [2.05, 4.69) is 10.3 Å². The molecule has 0 aliphatic heterocycles. The van der Waals surface area contributed by atoms with E-state index in [0.29, 0.717) is 10.8 Å². The second-order valence-corrected chi connectivity index (χ2v) is 6.58. The molecule has 1 aromatic heterocycles. The number of nitrogens with two attached hydrogens (primary N) is 1. The van der Waals surface area contributed by atoms with Crippen LogP contribution >= 0.6 is 11.3 Å². The Labute approximate surface area is 150 Å². The van der Waals surface area contributed by atoms with Crippen molar-refractivity contribution in [3.63, 3.8) is 0 Å². The van der Waals surface area contributed by atoms with Gasteiger partial charge >= 0.3 is 0 Å². The average Bonchev–Trinajstić information content (AvgIpc) is 3.03. The summed E-state index contributed by atoms with van der Waals surface area (Å²) in [6.45, 7) is 3.95. The van der Waals surface area contributed by atoms with Gasteiger partial charge in [-0.05, 0) is 43.2 Å². The van der Waals surface area contributed by atoms with E-state index >= 15 is 0 Å². The Bertz CT molecular complexity index is 905. The summed E-state index contributed by atoms with van der Waals surface area (Å²) in [7, 11) is 0. The van der Waals surface area contributed by atoms with Gasteiger partial charge < -0.3 is 15.8 Å². The number of amides is 1. The molecule has 0 saturated carbocycles. The number of nitrogen functional groups attached to an aromatic ring is 1. The number of hydrogen-bond donors (Lipinski definition) is 2. The van der Waals surface area contributed by atoms with Crippen LogP contribution < -0.4 is 15.8 Å². The minimum Gasteiger partial charge on any atom is -0.483 e. The third-order valence-corrected chi connectivity index (χ3v) is 4.55. The van der Waals surface area contributed by atoms with E-state index in [1.807, 2.05) is 61.7 Å². The van der Waals surface area contributed by atoms with Crippen LogP contribution in [0.5, 0.6) is 5.75 Å². The number of nitrogens with zero attached hydrogens (tertiary/aromatic N) is 1. The van der Waals surface area contributed by atoms with Gasteiger partial charge in [-0.2, -0.15) is 0 Å². The lowest BCUT2D eigenvalue weighted by Crippen LogP contribution is -2.20. The first-order valence-electron chi connectivity index (χ1n) is 7.83. The molecule has 3 N–H and O–H groups in total. The Hall–Kier alpha value is -2.86. The number of carbonyl (C=O) groups is 1. The fraction of sp³-hybridized carbons (Fsp3) is 0.158. The number of aromatic nitrogens is 1. The molecular weight excluding hydrogens is 334 g/mol. The summed E-state index contributed by atoms with van der Waals surface area (Å²) in [5.74, 6) is 0.512. The summed E-state index contributed by atoms with van der Waals surface area (Å²) < 4.78 is 5.63. The third-order valence-electron chi connectivity index (χ3n) is 3.88. The van der Waals surface area contributed by atoms with E-state index in [-0.39, 0.29) is 12.5 Å². The number of hydrogen-bond acceptors (Lipinski definition) is 5. The van der Waals surface area contributed by atoms with Gasteiger partial charge in [-0.1, -0.05) is 24.3 Å². The van der Waals surface area contributed by atoms with Crippen molar-refractivity contribution in [1.82, 2.24) is 4.98 Å². The van der Waals surface area contributed by atoms with Crippen LogP contribution in [0, 0.1) is 13.8 Å². The fourth-order valence-electron chi connectivity index (χ4n) is 2.40. The number of ether oxygens (including phenoxy) is 1. The molecule has 0 bridgehead atoms. The molecule has 1 heterocycles. The highest BCUT2D eigenvalue weighted by atomic mass is 32.1. The molecule has 0 spiro atoms. The molecule has 1 amide bonds. The molecule has 0 saturated heterocycles. The second kappa shape index (κ2) is 7.36. The molecule has 3 rings (SSSR count). The van der Waals surface area contributed by atoms with Crippen LogP contribution in [0.4, 0.5) is 10.8 Å². The maximum atomic E-state index is 12.2. The molecule has 0 aliphatic carbocycles. The summed E-state index contributed by atoms with van der Waals surface area (Å²) in [5, 5.41) is 5.25. The second-order valence-electron chi connectivity index (χ2n) is 5.69. The number of aryl methyl sites for hydroxylation is 1. The minimum atomic E-state index is -0.212. The fourth-order valence-corrected chi connectivity index (χ4v) is 2.97. The van der Waals surface area contributed by atoms with E-state index in [1.54, 1.807) is 0 Å². The first kappa shape index (κ1) is 17.0. The highest BCUT2D eigenvalue weighted by Crippen LogP contribution is 2.25. The predicted octanol–water partition coefficient (Wildman–Crippen LogP) is 4.03. The Morgan fingerprint density at radius 2 is 2.04 bits per heavy atom. The summed E-state index contributed by atoms with van der Waals surface area (Å²) in [4.78, 5) is 16.4. The molecule has 3 aromatic rings. The summed E-state index contributed by atoms with van der Waals surface area (Å²) in [6.07, 6.45) is 0. The standard InChI is InChI=1S/C19H19N3O2S/c1-12-5-3-8-17(13(12)2)24-10-18(23)21-15-7-4-6-14(9-15)16-11-25-19(20)22-16/h3-9,11H,10H2,1-2H3,(H2,20,22)(H,21,23). The average molecular weight is 353 g/mol. The van der Waals surface area contributed by atoms with Crippen molar-refractivity contribution in [1.29, 1.82) is 0 Å². The smallest absolute Gasteiger partial charge is 0.262 e. The van der Waals surface area contributed by atoms with E-state index in [4.69, 9.17) is 10.5 Å². The van der Waals surface area contributed by atoms with Gasteiger partial charge in [0.1, 0.15) is 5.75 Å². The molecule has 0 fully saturated rings. The normalized spacial score (nSPS) is 10.5. The van der Waals surface area contributed by atoms with Gasteiger partial charge in [-0.15, -0.1) is 11.3 Å². The lowest BCUT2D eigenvalue weighted by molar-refractivity contribution is -0.118. The SMILES string of the molecule is Cc1cccc(OCC(=O)Nc2cccc(-c3csc(N)n3)c2)c1C. The van der Waals surface area contributed by atoms with Gasteiger partial charge in [0.2, 0.25) is 0 Å². The third kappa shape index (κ3) is 4.16. The van der Waals surface area contributed by atoms with Crippen LogP contribution in [0.1, 0.15) is 11.1 Å². The number of benzene rings is 2. The van der Waals surface area contributed by atoms with Crippen molar-refractivity contribution in [2.24, 2.45) is 0 Å². The minimum absolute atomic E-state index is 0.0435. The van der Waals surface area contributed by atoms with Crippen LogP contribution in [0.3, 0.4) is 0 Å². The Kier molecular flexibility index (Phi) is 5.00. The maximum Gasteiger partial charge on any atom is 0.262 e. The number of thiazole rings is 1. The monoisotopic (exact) mass is 353 g/mol. The molecule has 2 aromatic carbocycles. The summed E-state index contributed by atoms with van der Waals surface area (Å²) in [5.41, 5.74) is 10.2. The van der Waals surface area contributed by atoms with Crippen LogP contribution in [-0.4, -0.2) is 17.5 Å². The van der Waals surface area contributed by atoms with Crippen molar-refractivity contribution in [2.75, 3.05) is 17.7 Å². The molecule has 0 atom stereocenters. The van der Waals surface area contributed by atoms with Crippen LogP contribution in [0.25, 0.3) is 11.3 Å². The van der Waals surface area contributed by atoms with E-state index in [0.717, 1.165) is 28.1 Å². The topological polar surface area (TPSA) is 77.2 Å².